The highest BCUT2D eigenvalue weighted by molar-refractivity contribution is 7.92. The van der Waals surface area contributed by atoms with E-state index in [0.29, 0.717) is 5.92 Å². The van der Waals surface area contributed by atoms with Crippen LogP contribution in [0.5, 0.6) is 0 Å². The molecule has 1 aliphatic carbocycles. The summed E-state index contributed by atoms with van der Waals surface area (Å²) >= 11 is 0. The van der Waals surface area contributed by atoms with Crippen LogP contribution < -0.4 is 10.6 Å². The Balaban J connectivity index is 0.00000200. The van der Waals surface area contributed by atoms with E-state index in [9.17, 15) is 13.2 Å². The molecule has 1 heterocycles. The zero-order valence-electron chi connectivity index (χ0n) is 11.9. The summed E-state index contributed by atoms with van der Waals surface area (Å²) in [6, 6.07) is 0.104. The van der Waals surface area contributed by atoms with Crippen molar-refractivity contribution in [2.45, 2.75) is 50.3 Å². The Morgan fingerprint density at radius 2 is 1.90 bits per heavy atom. The van der Waals surface area contributed by atoms with Crippen molar-refractivity contribution in [1.29, 1.82) is 0 Å². The number of sulfone groups is 1. The number of rotatable bonds is 4. The van der Waals surface area contributed by atoms with Gasteiger partial charge in [0.2, 0.25) is 5.91 Å². The van der Waals surface area contributed by atoms with Crippen LogP contribution in [-0.4, -0.2) is 44.5 Å². The van der Waals surface area contributed by atoms with Gasteiger partial charge in [-0.05, 0) is 38.3 Å². The number of carbonyl (C=O) groups excluding carboxylic acids is 1. The Morgan fingerprint density at radius 3 is 2.50 bits per heavy atom. The molecule has 118 valence electrons. The molecular formula is C13H25ClN2O3S. The fourth-order valence-corrected chi connectivity index (χ4v) is 4.76. The molecule has 0 aromatic heterocycles. The molecular weight excluding hydrogens is 300 g/mol. The van der Waals surface area contributed by atoms with Crippen LogP contribution >= 0.6 is 12.4 Å². The number of amides is 1. The molecule has 1 saturated heterocycles. The van der Waals surface area contributed by atoms with Gasteiger partial charge in [-0.1, -0.05) is 19.8 Å². The predicted octanol–water partition coefficient (Wildman–Crippen LogP) is 0.880. The van der Waals surface area contributed by atoms with Gasteiger partial charge in [0, 0.05) is 6.04 Å². The van der Waals surface area contributed by atoms with Crippen molar-refractivity contribution in [2.75, 3.05) is 18.8 Å². The van der Waals surface area contributed by atoms with Gasteiger partial charge in [-0.25, -0.2) is 8.42 Å². The van der Waals surface area contributed by atoms with E-state index in [2.05, 4.69) is 17.6 Å². The number of piperidine rings is 1. The van der Waals surface area contributed by atoms with Crippen molar-refractivity contribution in [1.82, 2.24) is 10.6 Å². The minimum atomic E-state index is -3.26. The van der Waals surface area contributed by atoms with Gasteiger partial charge < -0.3 is 10.6 Å². The van der Waals surface area contributed by atoms with Crippen molar-refractivity contribution < 1.29 is 13.2 Å². The molecule has 0 aromatic carbocycles. The van der Waals surface area contributed by atoms with Gasteiger partial charge in [-0.2, -0.15) is 0 Å². The zero-order valence-corrected chi connectivity index (χ0v) is 13.6. The first-order chi connectivity index (χ1) is 8.99. The number of carbonyl (C=O) groups is 1. The van der Waals surface area contributed by atoms with Crippen LogP contribution in [0.3, 0.4) is 0 Å². The molecule has 2 unspecified atom stereocenters. The molecule has 2 fully saturated rings. The van der Waals surface area contributed by atoms with E-state index in [4.69, 9.17) is 0 Å². The Labute approximate surface area is 127 Å². The average Bonchev–Trinajstić information content (AvgIpc) is 2.85. The first-order valence-electron chi connectivity index (χ1n) is 7.20. The Morgan fingerprint density at radius 1 is 1.25 bits per heavy atom. The normalized spacial score (nSPS) is 27.9. The lowest BCUT2D eigenvalue weighted by atomic mass is 9.95. The van der Waals surface area contributed by atoms with Crippen molar-refractivity contribution in [2.24, 2.45) is 5.92 Å². The van der Waals surface area contributed by atoms with Gasteiger partial charge in [-0.3, -0.25) is 4.79 Å². The highest BCUT2D eigenvalue weighted by Gasteiger charge is 2.31. The summed E-state index contributed by atoms with van der Waals surface area (Å²) in [6.07, 6.45) is 4.25. The van der Waals surface area contributed by atoms with Gasteiger partial charge in [0.05, 0.1) is 5.25 Å². The molecule has 20 heavy (non-hydrogen) atoms. The third-order valence-electron chi connectivity index (χ3n) is 4.27. The third-order valence-corrected chi connectivity index (χ3v) is 6.43. The summed E-state index contributed by atoms with van der Waals surface area (Å²) in [5.74, 6) is -0.313. The Hall–Kier alpha value is -0.330. The van der Waals surface area contributed by atoms with Gasteiger partial charge in [-0.15, -0.1) is 12.4 Å². The van der Waals surface area contributed by atoms with Gasteiger partial charge in [0.15, 0.2) is 9.84 Å². The number of halogens is 1. The maximum Gasteiger partial charge on any atom is 0.235 e. The molecule has 0 radical (unpaired) electrons. The second-order valence-corrected chi connectivity index (χ2v) is 8.14. The van der Waals surface area contributed by atoms with E-state index >= 15 is 0 Å². The molecule has 2 aliphatic rings. The predicted molar refractivity (Wildman–Crippen MR) is 81.9 cm³/mol. The van der Waals surface area contributed by atoms with Crippen LogP contribution in [0.25, 0.3) is 0 Å². The highest BCUT2D eigenvalue weighted by Crippen LogP contribution is 2.25. The van der Waals surface area contributed by atoms with E-state index in [1.54, 1.807) is 0 Å². The molecule has 1 saturated carbocycles. The number of hydrogen-bond donors (Lipinski definition) is 2. The molecule has 7 heteroatoms. The minimum Gasteiger partial charge on any atom is -0.352 e. The van der Waals surface area contributed by atoms with Gasteiger partial charge in [0.25, 0.3) is 0 Å². The Kier molecular flexibility index (Phi) is 6.75. The van der Waals surface area contributed by atoms with Crippen molar-refractivity contribution in [3.05, 3.63) is 0 Å². The van der Waals surface area contributed by atoms with Crippen LogP contribution in [-0.2, 0) is 14.6 Å². The molecule has 0 bridgehead atoms. The van der Waals surface area contributed by atoms with E-state index in [0.717, 1.165) is 45.2 Å². The van der Waals surface area contributed by atoms with Crippen molar-refractivity contribution >= 4 is 28.2 Å². The number of nitrogens with one attached hydrogen (secondary N) is 2. The molecule has 0 aromatic rings. The first-order valence-corrected chi connectivity index (χ1v) is 8.92. The molecule has 1 aliphatic heterocycles. The van der Waals surface area contributed by atoms with Crippen LogP contribution in [0.4, 0.5) is 0 Å². The van der Waals surface area contributed by atoms with Crippen molar-refractivity contribution in [3.8, 4) is 0 Å². The molecule has 2 N–H and O–H groups in total. The molecule has 0 spiro atoms. The van der Waals surface area contributed by atoms with E-state index < -0.39 is 9.84 Å². The quantitative estimate of drug-likeness (QED) is 0.805. The second kappa shape index (κ2) is 7.61. The topological polar surface area (TPSA) is 75.3 Å². The standard InChI is InChI=1S/C13H24N2O3S.ClH/c1-10-8-14-7-6-12(10)15-13(16)9-19(17,18)11-4-2-3-5-11;/h10-12,14H,2-9H2,1H3,(H,15,16);1H. The van der Waals surface area contributed by atoms with Crippen LogP contribution in [0, 0.1) is 5.92 Å². The van der Waals surface area contributed by atoms with E-state index in [1.807, 2.05) is 0 Å². The maximum absolute atomic E-state index is 12.1. The summed E-state index contributed by atoms with van der Waals surface area (Å²) in [6.45, 7) is 3.83. The smallest absolute Gasteiger partial charge is 0.235 e. The number of hydrogen-bond acceptors (Lipinski definition) is 4. The summed E-state index contributed by atoms with van der Waals surface area (Å²) in [7, 11) is -3.26. The monoisotopic (exact) mass is 324 g/mol. The molecule has 2 atom stereocenters. The zero-order chi connectivity index (χ0) is 13.9. The SMILES string of the molecule is CC1CNCCC1NC(=O)CS(=O)(=O)C1CCCC1.Cl. The largest absolute Gasteiger partial charge is 0.352 e. The van der Waals surface area contributed by atoms with Crippen molar-refractivity contribution in [3.63, 3.8) is 0 Å². The molecule has 5 nitrogen and oxygen atoms in total. The van der Waals surface area contributed by atoms with Crippen LogP contribution in [0.15, 0.2) is 0 Å². The van der Waals surface area contributed by atoms with Crippen LogP contribution in [0.1, 0.15) is 39.0 Å². The van der Waals surface area contributed by atoms with Gasteiger partial charge in [0.1, 0.15) is 5.75 Å². The fourth-order valence-electron chi connectivity index (χ4n) is 3.02. The summed E-state index contributed by atoms with van der Waals surface area (Å²) in [5, 5.41) is 5.86. The second-order valence-electron chi connectivity index (χ2n) is 5.86. The van der Waals surface area contributed by atoms with E-state index in [-0.39, 0.29) is 35.4 Å². The maximum atomic E-state index is 12.1. The lowest BCUT2D eigenvalue weighted by Gasteiger charge is -2.30. The Bertz CT molecular complexity index is 421. The lowest BCUT2D eigenvalue weighted by Crippen LogP contribution is -2.50. The summed E-state index contributed by atoms with van der Waals surface area (Å²) < 4.78 is 24.2. The molecule has 2 rings (SSSR count). The lowest BCUT2D eigenvalue weighted by molar-refractivity contribution is -0.119. The minimum absolute atomic E-state index is 0. The fraction of sp³-hybridized carbons (Fsp3) is 0.923. The molecule has 1 amide bonds. The summed E-state index contributed by atoms with van der Waals surface area (Å²) in [4.78, 5) is 11.9. The van der Waals surface area contributed by atoms with E-state index in [1.165, 1.54) is 0 Å². The summed E-state index contributed by atoms with van der Waals surface area (Å²) in [5.41, 5.74) is 0. The van der Waals surface area contributed by atoms with Crippen LogP contribution in [0.2, 0.25) is 0 Å². The third kappa shape index (κ3) is 4.60. The van der Waals surface area contributed by atoms with Gasteiger partial charge >= 0.3 is 0 Å². The average molecular weight is 325 g/mol. The first kappa shape index (κ1) is 17.7. The highest BCUT2D eigenvalue weighted by atomic mass is 35.5.